The Balaban J connectivity index is 1.76. The maximum Gasteiger partial charge on any atom is 0.165 e. The number of nitrogens with zero attached hydrogens (tertiary/aromatic N) is 2. The summed E-state index contributed by atoms with van der Waals surface area (Å²) in [6.07, 6.45) is 3.27. The van der Waals surface area contributed by atoms with Gasteiger partial charge in [0.25, 0.3) is 0 Å². The van der Waals surface area contributed by atoms with E-state index in [1.165, 1.54) is 25.9 Å². The molecule has 1 atom stereocenters. The fourth-order valence-corrected chi connectivity index (χ4v) is 2.93. The Hall–Kier alpha value is -0.450. The van der Waals surface area contributed by atoms with Crippen LogP contribution in [0.25, 0.3) is 0 Å². The molecule has 0 aromatic heterocycles. The minimum atomic E-state index is -0.630. The van der Waals surface area contributed by atoms with E-state index in [2.05, 4.69) is 9.80 Å². The van der Waals surface area contributed by atoms with Crippen molar-refractivity contribution >= 4 is 5.78 Å². The number of ether oxygens (including phenoxy) is 1. The topological polar surface area (TPSA) is 32.8 Å². The molecule has 0 amide bonds. The van der Waals surface area contributed by atoms with Crippen LogP contribution < -0.4 is 0 Å². The molecule has 2 saturated heterocycles. The summed E-state index contributed by atoms with van der Waals surface area (Å²) in [7, 11) is 1.61. The van der Waals surface area contributed by atoms with E-state index in [9.17, 15) is 4.79 Å². The summed E-state index contributed by atoms with van der Waals surface area (Å²) < 4.78 is 5.23. The lowest BCUT2D eigenvalue weighted by Gasteiger charge is -2.37. The van der Waals surface area contributed by atoms with E-state index in [0.29, 0.717) is 6.42 Å². The molecule has 18 heavy (non-hydrogen) atoms. The van der Waals surface area contributed by atoms with Crippen molar-refractivity contribution < 1.29 is 9.53 Å². The van der Waals surface area contributed by atoms with Gasteiger partial charge in [0.05, 0.1) is 0 Å². The van der Waals surface area contributed by atoms with Crippen LogP contribution in [-0.4, -0.2) is 67.1 Å². The third-order valence-electron chi connectivity index (χ3n) is 4.51. The highest BCUT2D eigenvalue weighted by molar-refractivity contribution is 5.86. The van der Waals surface area contributed by atoms with Crippen molar-refractivity contribution in [1.29, 1.82) is 0 Å². The first-order valence-electron chi connectivity index (χ1n) is 7.08. The smallest absolute Gasteiger partial charge is 0.165 e. The van der Waals surface area contributed by atoms with E-state index in [0.717, 1.165) is 25.7 Å². The largest absolute Gasteiger partial charge is 0.371 e. The molecule has 2 rings (SSSR count). The van der Waals surface area contributed by atoms with Gasteiger partial charge in [-0.3, -0.25) is 9.69 Å². The summed E-state index contributed by atoms with van der Waals surface area (Å²) in [5, 5.41) is 0. The fourth-order valence-electron chi connectivity index (χ4n) is 2.93. The first-order chi connectivity index (χ1) is 8.53. The average Bonchev–Trinajstić information content (AvgIpc) is 2.83. The van der Waals surface area contributed by atoms with Crippen molar-refractivity contribution in [2.45, 2.75) is 44.8 Å². The number of piperazine rings is 1. The van der Waals surface area contributed by atoms with Crippen molar-refractivity contribution in [3.05, 3.63) is 0 Å². The Labute approximate surface area is 110 Å². The van der Waals surface area contributed by atoms with Gasteiger partial charge in [-0.05, 0) is 33.2 Å². The molecule has 0 aromatic carbocycles. The normalized spacial score (nSPS) is 26.3. The quantitative estimate of drug-likeness (QED) is 0.737. The lowest BCUT2D eigenvalue weighted by molar-refractivity contribution is -0.137. The van der Waals surface area contributed by atoms with Crippen LogP contribution in [0.1, 0.15) is 33.1 Å². The Bertz CT molecular complexity index is 304. The average molecular weight is 254 g/mol. The van der Waals surface area contributed by atoms with Gasteiger partial charge in [0.2, 0.25) is 0 Å². The number of ketones is 1. The summed E-state index contributed by atoms with van der Waals surface area (Å²) in [4.78, 5) is 17.0. The van der Waals surface area contributed by atoms with Gasteiger partial charge in [-0.1, -0.05) is 0 Å². The number of carbonyl (C=O) groups excluding carboxylic acids is 1. The van der Waals surface area contributed by atoms with Crippen LogP contribution in [0, 0.1) is 0 Å². The standard InChI is InChI=1S/C14H26N2O2/c1-14(2,18-3)13(17)6-8-15-9-10-16-7-4-5-12(16)11-15/h12H,4-11H2,1-3H3. The maximum atomic E-state index is 12.0. The zero-order valence-corrected chi connectivity index (χ0v) is 11.9. The molecule has 2 aliphatic rings. The molecule has 0 radical (unpaired) electrons. The number of fused-ring (bicyclic) bond motifs is 1. The Kier molecular flexibility index (Phi) is 4.41. The van der Waals surface area contributed by atoms with Crippen molar-refractivity contribution in [3.8, 4) is 0 Å². The van der Waals surface area contributed by atoms with E-state index < -0.39 is 5.60 Å². The molecular weight excluding hydrogens is 228 g/mol. The van der Waals surface area contributed by atoms with Gasteiger partial charge in [0.15, 0.2) is 5.78 Å². The Morgan fingerprint density at radius 3 is 2.83 bits per heavy atom. The minimum Gasteiger partial charge on any atom is -0.371 e. The summed E-state index contributed by atoms with van der Waals surface area (Å²) >= 11 is 0. The predicted octanol–water partition coefficient (Wildman–Crippen LogP) is 1.15. The van der Waals surface area contributed by atoms with E-state index in [1.807, 2.05) is 13.8 Å². The monoisotopic (exact) mass is 254 g/mol. The second-order valence-corrected chi connectivity index (χ2v) is 6.02. The molecule has 0 spiro atoms. The van der Waals surface area contributed by atoms with Crippen LogP contribution in [0.3, 0.4) is 0 Å². The Morgan fingerprint density at radius 2 is 2.11 bits per heavy atom. The minimum absolute atomic E-state index is 0.207. The van der Waals surface area contributed by atoms with Gasteiger partial charge in [-0.25, -0.2) is 0 Å². The van der Waals surface area contributed by atoms with E-state index in [-0.39, 0.29) is 5.78 Å². The second-order valence-electron chi connectivity index (χ2n) is 6.02. The van der Waals surface area contributed by atoms with Crippen LogP contribution in [-0.2, 0) is 9.53 Å². The second kappa shape index (κ2) is 5.68. The first kappa shape index (κ1) is 14.0. The molecule has 0 saturated carbocycles. The van der Waals surface area contributed by atoms with E-state index in [4.69, 9.17) is 4.74 Å². The number of carbonyl (C=O) groups is 1. The van der Waals surface area contributed by atoms with Gasteiger partial charge in [-0.15, -0.1) is 0 Å². The molecule has 2 heterocycles. The van der Waals surface area contributed by atoms with Crippen LogP contribution in [0.5, 0.6) is 0 Å². The molecule has 2 fully saturated rings. The molecule has 0 aliphatic carbocycles. The van der Waals surface area contributed by atoms with Crippen LogP contribution in [0.15, 0.2) is 0 Å². The SMILES string of the molecule is COC(C)(C)C(=O)CCN1CCN2CCCC2C1. The molecule has 0 bridgehead atoms. The van der Waals surface area contributed by atoms with Gasteiger partial charge in [-0.2, -0.15) is 0 Å². The van der Waals surface area contributed by atoms with Crippen LogP contribution in [0.2, 0.25) is 0 Å². The van der Waals surface area contributed by atoms with E-state index in [1.54, 1.807) is 7.11 Å². The number of hydrogen-bond donors (Lipinski definition) is 0. The molecule has 104 valence electrons. The highest BCUT2D eigenvalue weighted by Crippen LogP contribution is 2.21. The predicted molar refractivity (Wildman–Crippen MR) is 71.7 cm³/mol. The van der Waals surface area contributed by atoms with Crippen LogP contribution >= 0.6 is 0 Å². The van der Waals surface area contributed by atoms with Gasteiger partial charge >= 0.3 is 0 Å². The third kappa shape index (κ3) is 3.11. The summed E-state index contributed by atoms with van der Waals surface area (Å²) in [6.45, 7) is 9.28. The molecule has 4 heteroatoms. The maximum absolute atomic E-state index is 12.0. The molecule has 0 aromatic rings. The molecular formula is C14H26N2O2. The van der Waals surface area contributed by atoms with Crippen molar-refractivity contribution in [3.63, 3.8) is 0 Å². The molecule has 1 unspecified atom stereocenters. The van der Waals surface area contributed by atoms with Crippen LogP contribution in [0.4, 0.5) is 0 Å². The van der Waals surface area contributed by atoms with Crippen molar-refractivity contribution in [2.75, 3.05) is 39.8 Å². The van der Waals surface area contributed by atoms with Gasteiger partial charge < -0.3 is 9.64 Å². The fraction of sp³-hybridized carbons (Fsp3) is 0.929. The Morgan fingerprint density at radius 1 is 1.33 bits per heavy atom. The first-order valence-corrected chi connectivity index (χ1v) is 7.08. The summed E-state index contributed by atoms with van der Waals surface area (Å²) in [6, 6.07) is 0.740. The number of methoxy groups -OCH3 is 1. The lowest BCUT2D eigenvalue weighted by atomic mass is 10.0. The molecule has 4 nitrogen and oxygen atoms in total. The van der Waals surface area contributed by atoms with E-state index >= 15 is 0 Å². The number of Topliss-reactive ketones (excluding diaryl/α,β-unsaturated/α-hetero) is 1. The molecule has 2 aliphatic heterocycles. The summed E-state index contributed by atoms with van der Waals surface area (Å²) in [5.74, 6) is 0.207. The van der Waals surface area contributed by atoms with Crippen molar-refractivity contribution in [2.24, 2.45) is 0 Å². The number of rotatable bonds is 5. The van der Waals surface area contributed by atoms with Crippen molar-refractivity contribution in [1.82, 2.24) is 9.80 Å². The summed E-state index contributed by atoms with van der Waals surface area (Å²) in [5.41, 5.74) is -0.630. The number of hydrogen-bond acceptors (Lipinski definition) is 4. The zero-order valence-electron chi connectivity index (χ0n) is 11.9. The molecule has 0 N–H and O–H groups in total. The highest BCUT2D eigenvalue weighted by Gasteiger charge is 2.31. The zero-order chi connectivity index (χ0) is 13.2. The third-order valence-corrected chi connectivity index (χ3v) is 4.51. The van der Waals surface area contributed by atoms with Gasteiger partial charge in [0, 0.05) is 45.8 Å². The highest BCUT2D eigenvalue weighted by atomic mass is 16.5. The van der Waals surface area contributed by atoms with Gasteiger partial charge in [0.1, 0.15) is 5.60 Å². The lowest BCUT2D eigenvalue weighted by Crippen LogP contribution is -2.50.